The predicted molar refractivity (Wildman–Crippen MR) is 85.0 cm³/mol. The molecule has 0 saturated carbocycles. The molecule has 0 spiro atoms. The molecule has 0 radical (unpaired) electrons. The number of hydrogen-bond donors (Lipinski definition) is 1. The molecule has 122 valence electrons. The van der Waals surface area contributed by atoms with Crippen molar-refractivity contribution in [2.75, 3.05) is 28.8 Å². The average Bonchev–Trinajstić information content (AvgIpc) is 2.89. The van der Waals surface area contributed by atoms with Gasteiger partial charge in [0.15, 0.2) is 15.7 Å². The molecule has 1 N–H and O–H groups in total. The Bertz CT molecular complexity index is 814. The van der Waals surface area contributed by atoms with Gasteiger partial charge < -0.3 is 10.2 Å². The van der Waals surface area contributed by atoms with E-state index in [1.807, 2.05) is 0 Å². The Balaban J connectivity index is 1.79. The fraction of sp³-hybridized carbons (Fsp3) is 0.357. The molecule has 1 aliphatic rings. The van der Waals surface area contributed by atoms with Crippen molar-refractivity contribution >= 4 is 27.3 Å². The summed E-state index contributed by atoms with van der Waals surface area (Å²) < 4.78 is 36.8. The van der Waals surface area contributed by atoms with E-state index in [4.69, 9.17) is 0 Å². The maximum Gasteiger partial charge on any atom is 0.247 e. The van der Waals surface area contributed by atoms with Gasteiger partial charge >= 0.3 is 0 Å². The second-order valence-corrected chi connectivity index (χ2v) is 7.64. The van der Waals surface area contributed by atoms with Crippen LogP contribution in [0, 0.1) is 5.82 Å². The smallest absolute Gasteiger partial charge is 0.247 e. The highest BCUT2D eigenvalue weighted by Gasteiger charge is 2.31. The molecule has 7 nitrogen and oxygen atoms in total. The van der Waals surface area contributed by atoms with Crippen molar-refractivity contribution in [3.8, 4) is 0 Å². The highest BCUT2D eigenvalue weighted by Crippen LogP contribution is 2.22. The molecule has 1 unspecified atom stereocenters. The fourth-order valence-corrected chi connectivity index (χ4v) is 4.22. The third-order valence-corrected chi connectivity index (χ3v) is 5.51. The van der Waals surface area contributed by atoms with Crippen molar-refractivity contribution in [1.29, 1.82) is 0 Å². The third kappa shape index (κ3) is 3.55. The second-order valence-electron chi connectivity index (χ2n) is 5.41. The van der Waals surface area contributed by atoms with Crippen LogP contribution in [0.2, 0.25) is 0 Å². The molecule has 1 aromatic carbocycles. The molecule has 1 atom stereocenters. The lowest BCUT2D eigenvalue weighted by molar-refractivity contribution is 0.600. The Kier molecular flexibility index (Phi) is 4.12. The molecule has 9 heteroatoms. The number of nitrogens with zero attached hydrogens (tertiary/aromatic N) is 4. The Morgan fingerprint density at radius 3 is 2.83 bits per heavy atom. The number of sulfone groups is 1. The summed E-state index contributed by atoms with van der Waals surface area (Å²) in [4.78, 5) is 5.98. The quantitative estimate of drug-likeness (QED) is 0.901. The third-order valence-electron chi connectivity index (χ3n) is 3.76. The molecule has 0 amide bonds. The average molecular weight is 337 g/mol. The van der Waals surface area contributed by atoms with Crippen molar-refractivity contribution in [3.05, 3.63) is 36.3 Å². The summed E-state index contributed by atoms with van der Waals surface area (Å²) in [6, 6.07) is 6.05. The lowest BCUT2D eigenvalue weighted by atomic mass is 10.2. The van der Waals surface area contributed by atoms with Gasteiger partial charge in [-0.2, -0.15) is 10.1 Å². The summed E-state index contributed by atoms with van der Waals surface area (Å²) in [6.07, 6.45) is 1.92. The van der Waals surface area contributed by atoms with Gasteiger partial charge in [0, 0.05) is 13.1 Å². The van der Waals surface area contributed by atoms with Crippen LogP contribution in [0.25, 0.3) is 0 Å². The van der Waals surface area contributed by atoms with Crippen LogP contribution in [0.3, 0.4) is 0 Å². The van der Waals surface area contributed by atoms with E-state index in [0.717, 1.165) is 0 Å². The molecule has 2 heterocycles. The van der Waals surface area contributed by atoms with Gasteiger partial charge in [0.25, 0.3) is 0 Å². The molecular formula is C14H16FN5O2S. The van der Waals surface area contributed by atoms with Crippen molar-refractivity contribution in [1.82, 2.24) is 15.2 Å². The Morgan fingerprint density at radius 2 is 2.13 bits per heavy atom. The van der Waals surface area contributed by atoms with Crippen molar-refractivity contribution in [2.24, 2.45) is 0 Å². The van der Waals surface area contributed by atoms with Gasteiger partial charge in [0.05, 0.1) is 23.4 Å². The maximum atomic E-state index is 13.7. The zero-order chi connectivity index (χ0) is 16.4. The van der Waals surface area contributed by atoms with Crippen LogP contribution in [-0.4, -0.2) is 48.2 Å². The molecule has 1 aliphatic heterocycles. The van der Waals surface area contributed by atoms with Crippen LogP contribution in [0.15, 0.2) is 30.5 Å². The lowest BCUT2D eigenvalue weighted by Crippen LogP contribution is -2.34. The number of nitrogens with one attached hydrogen (secondary N) is 1. The highest BCUT2D eigenvalue weighted by molar-refractivity contribution is 7.91. The van der Waals surface area contributed by atoms with Gasteiger partial charge in [0.2, 0.25) is 5.95 Å². The number of halogens is 1. The van der Waals surface area contributed by atoms with Gasteiger partial charge in [-0.1, -0.05) is 12.1 Å². The van der Waals surface area contributed by atoms with Crippen molar-refractivity contribution in [2.45, 2.75) is 12.5 Å². The summed E-state index contributed by atoms with van der Waals surface area (Å²) in [5.41, 5.74) is 0.282. The van der Waals surface area contributed by atoms with E-state index >= 15 is 0 Å². The molecular weight excluding hydrogens is 321 g/mol. The number of aromatic nitrogens is 3. The molecule has 23 heavy (non-hydrogen) atoms. The first kappa shape index (κ1) is 15.6. The van der Waals surface area contributed by atoms with Gasteiger partial charge in [-0.25, -0.2) is 12.8 Å². The second kappa shape index (κ2) is 6.07. The Morgan fingerprint density at radius 1 is 1.35 bits per heavy atom. The van der Waals surface area contributed by atoms with Crippen LogP contribution in [0.5, 0.6) is 0 Å². The first-order chi connectivity index (χ1) is 10.9. The standard InChI is InChI=1S/C14H16FN5O2S/c1-20(10-6-7-23(21,22)9-10)14-18-13(8-16-19-14)17-12-5-3-2-4-11(12)15/h2-5,8,10H,6-7,9H2,1H3,(H,17,18,19). The molecule has 1 fully saturated rings. The minimum absolute atomic E-state index is 0.0812. The number of rotatable bonds is 4. The minimum atomic E-state index is -3.00. The van der Waals surface area contributed by atoms with Gasteiger partial charge in [-0.15, -0.1) is 5.10 Å². The van der Waals surface area contributed by atoms with Gasteiger partial charge in [-0.05, 0) is 18.6 Å². The molecule has 0 bridgehead atoms. The van der Waals surface area contributed by atoms with Crippen molar-refractivity contribution < 1.29 is 12.8 Å². The van der Waals surface area contributed by atoms with E-state index < -0.39 is 15.7 Å². The monoisotopic (exact) mass is 337 g/mol. The Hall–Kier alpha value is -2.29. The molecule has 1 aromatic heterocycles. The summed E-state index contributed by atoms with van der Waals surface area (Å²) in [5, 5.41) is 10.6. The first-order valence-corrected chi connectivity index (χ1v) is 8.91. The summed E-state index contributed by atoms with van der Waals surface area (Å²) in [6.45, 7) is 0. The topological polar surface area (TPSA) is 88.1 Å². The predicted octanol–water partition coefficient (Wildman–Crippen LogP) is 1.38. The largest absolute Gasteiger partial charge is 0.338 e. The SMILES string of the molecule is CN(c1nncc(Nc2ccccc2F)n1)C1CCS(=O)(=O)C1. The normalized spacial score (nSPS) is 19.5. The van der Waals surface area contributed by atoms with Gasteiger partial charge in [-0.3, -0.25) is 0 Å². The van der Waals surface area contributed by atoms with Crippen LogP contribution in [0.4, 0.5) is 21.8 Å². The number of anilines is 3. The lowest BCUT2D eigenvalue weighted by Gasteiger charge is -2.22. The highest BCUT2D eigenvalue weighted by atomic mass is 32.2. The van der Waals surface area contributed by atoms with E-state index in [1.165, 1.54) is 12.3 Å². The minimum Gasteiger partial charge on any atom is -0.338 e. The maximum absolute atomic E-state index is 13.7. The fourth-order valence-electron chi connectivity index (χ4n) is 2.45. The number of para-hydroxylation sites is 1. The number of hydrogen-bond acceptors (Lipinski definition) is 7. The van der Waals surface area contributed by atoms with E-state index in [0.29, 0.717) is 18.2 Å². The molecule has 3 rings (SSSR count). The van der Waals surface area contributed by atoms with Crippen LogP contribution in [-0.2, 0) is 9.84 Å². The van der Waals surface area contributed by atoms with E-state index in [-0.39, 0.29) is 23.2 Å². The van der Waals surface area contributed by atoms with E-state index in [2.05, 4.69) is 20.5 Å². The molecule has 2 aromatic rings. The number of benzene rings is 1. The Labute approximate surface area is 133 Å². The van der Waals surface area contributed by atoms with Gasteiger partial charge in [0.1, 0.15) is 5.82 Å². The zero-order valence-corrected chi connectivity index (χ0v) is 13.3. The van der Waals surface area contributed by atoms with E-state index in [9.17, 15) is 12.8 Å². The van der Waals surface area contributed by atoms with Crippen molar-refractivity contribution in [3.63, 3.8) is 0 Å². The molecule has 0 aliphatic carbocycles. The zero-order valence-electron chi connectivity index (χ0n) is 12.5. The van der Waals surface area contributed by atoms with E-state index in [1.54, 1.807) is 30.1 Å². The van der Waals surface area contributed by atoms with Crippen LogP contribution < -0.4 is 10.2 Å². The summed E-state index contributed by atoms with van der Waals surface area (Å²) in [7, 11) is -1.26. The summed E-state index contributed by atoms with van der Waals surface area (Å²) in [5.74, 6) is 0.490. The summed E-state index contributed by atoms with van der Waals surface area (Å²) >= 11 is 0. The first-order valence-electron chi connectivity index (χ1n) is 7.09. The van der Waals surface area contributed by atoms with Crippen LogP contribution >= 0.6 is 0 Å². The van der Waals surface area contributed by atoms with Crippen LogP contribution in [0.1, 0.15) is 6.42 Å². The molecule has 1 saturated heterocycles.